The summed E-state index contributed by atoms with van der Waals surface area (Å²) in [6.07, 6.45) is 0. The van der Waals surface area contributed by atoms with Crippen LogP contribution in [0.4, 0.5) is 15.2 Å². The Bertz CT molecular complexity index is 1260. The Morgan fingerprint density at radius 3 is 2.48 bits per heavy atom. The lowest BCUT2D eigenvalue weighted by atomic mass is 10.2. The maximum absolute atomic E-state index is 14.1. The van der Waals surface area contributed by atoms with Crippen molar-refractivity contribution in [3.63, 3.8) is 0 Å². The van der Waals surface area contributed by atoms with Crippen molar-refractivity contribution in [2.45, 2.75) is 9.79 Å². The Hall–Kier alpha value is -3.63. The van der Waals surface area contributed by atoms with Crippen LogP contribution in [0.25, 0.3) is 10.6 Å². The van der Waals surface area contributed by atoms with Gasteiger partial charge in [0.1, 0.15) is 10.8 Å². The molecular weight excluding hydrogens is 439 g/mol. The average Bonchev–Trinajstić information content (AvgIpc) is 3.24. The molecule has 0 atom stereocenters. The van der Waals surface area contributed by atoms with Crippen molar-refractivity contribution in [1.29, 1.82) is 0 Å². The van der Waals surface area contributed by atoms with Gasteiger partial charge in [0.05, 0.1) is 10.5 Å². The van der Waals surface area contributed by atoms with E-state index in [1.54, 1.807) is 18.2 Å². The van der Waals surface area contributed by atoms with E-state index in [2.05, 4.69) is 15.5 Å². The Kier molecular flexibility index (Phi) is 6.01. The zero-order valence-corrected chi connectivity index (χ0v) is 17.3. The highest BCUT2D eigenvalue weighted by atomic mass is 32.2. The number of nitro groups is 1. The molecule has 10 heteroatoms. The molecule has 0 aliphatic rings. The topological polar surface area (TPSA) is 98.0 Å². The first-order valence-corrected chi connectivity index (χ1v) is 10.6. The summed E-state index contributed by atoms with van der Waals surface area (Å²) in [5.74, 6) is -1.05. The van der Waals surface area contributed by atoms with Crippen LogP contribution in [0.5, 0.6) is 0 Å². The monoisotopic (exact) mass is 452 g/mol. The summed E-state index contributed by atoms with van der Waals surface area (Å²) in [6.45, 7) is 0. The molecular formula is C21H13FN4O3S2. The zero-order valence-electron chi connectivity index (χ0n) is 15.7. The van der Waals surface area contributed by atoms with E-state index in [1.807, 2.05) is 30.3 Å². The molecule has 0 bridgehead atoms. The van der Waals surface area contributed by atoms with Gasteiger partial charge in [0.25, 0.3) is 11.6 Å². The molecule has 4 aromatic rings. The number of nitrogens with one attached hydrogen (secondary N) is 1. The minimum absolute atomic E-state index is 0.0407. The van der Waals surface area contributed by atoms with E-state index in [4.69, 9.17) is 0 Å². The second kappa shape index (κ2) is 9.02. The maximum atomic E-state index is 14.1. The molecule has 0 radical (unpaired) electrons. The lowest BCUT2D eigenvalue weighted by Crippen LogP contribution is -2.13. The van der Waals surface area contributed by atoms with Crippen LogP contribution in [0.3, 0.4) is 0 Å². The van der Waals surface area contributed by atoms with Gasteiger partial charge in [0, 0.05) is 27.5 Å². The second-order valence-electron chi connectivity index (χ2n) is 6.20. The smallest absolute Gasteiger partial charge is 0.270 e. The summed E-state index contributed by atoms with van der Waals surface area (Å²) < 4.78 is 14.1. The minimum Gasteiger partial charge on any atom is -0.296 e. The van der Waals surface area contributed by atoms with Gasteiger partial charge in [0.15, 0.2) is 0 Å². The first kappa shape index (κ1) is 20.6. The molecule has 1 amide bonds. The number of amides is 1. The highest BCUT2D eigenvalue weighted by molar-refractivity contribution is 7.99. The molecule has 1 aromatic heterocycles. The van der Waals surface area contributed by atoms with Gasteiger partial charge in [-0.1, -0.05) is 65.6 Å². The van der Waals surface area contributed by atoms with Gasteiger partial charge in [-0.3, -0.25) is 20.2 Å². The first-order chi connectivity index (χ1) is 15.0. The lowest BCUT2D eigenvalue weighted by Gasteiger charge is -2.09. The Morgan fingerprint density at radius 1 is 1.00 bits per heavy atom. The van der Waals surface area contributed by atoms with E-state index in [0.29, 0.717) is 14.8 Å². The zero-order chi connectivity index (χ0) is 21.8. The molecule has 7 nitrogen and oxygen atoms in total. The normalized spacial score (nSPS) is 10.6. The Morgan fingerprint density at radius 2 is 1.74 bits per heavy atom. The lowest BCUT2D eigenvalue weighted by molar-refractivity contribution is -0.384. The van der Waals surface area contributed by atoms with E-state index in [0.717, 1.165) is 23.4 Å². The summed E-state index contributed by atoms with van der Waals surface area (Å²) in [5.41, 5.74) is 0.649. The van der Waals surface area contributed by atoms with Gasteiger partial charge in [-0.25, -0.2) is 4.39 Å². The highest BCUT2D eigenvalue weighted by Gasteiger charge is 2.20. The number of nitro benzene ring substituents is 1. The van der Waals surface area contributed by atoms with Gasteiger partial charge in [-0.05, 0) is 18.2 Å². The van der Waals surface area contributed by atoms with Crippen LogP contribution in [0.2, 0.25) is 0 Å². The number of hydrogen-bond acceptors (Lipinski definition) is 7. The standard InChI is InChI=1S/C21H13FN4O3S2/c22-16-8-4-5-9-18(16)30-17-11-10-14(26(28)29)12-15(17)19(27)23-21-25-24-20(31-21)13-6-2-1-3-7-13/h1-12H,(H,23,25,27). The van der Waals surface area contributed by atoms with Crippen LogP contribution in [-0.2, 0) is 0 Å². The molecule has 1 heterocycles. The Balaban J connectivity index is 1.63. The van der Waals surface area contributed by atoms with Crippen molar-refractivity contribution in [3.05, 3.63) is 94.3 Å². The Labute approximate surface area is 184 Å². The van der Waals surface area contributed by atoms with Crippen LogP contribution < -0.4 is 5.32 Å². The molecule has 0 saturated carbocycles. The fourth-order valence-corrected chi connectivity index (χ4v) is 4.37. The molecule has 3 aromatic carbocycles. The summed E-state index contributed by atoms with van der Waals surface area (Å²) in [6, 6.07) is 19.3. The fourth-order valence-electron chi connectivity index (χ4n) is 2.68. The predicted molar refractivity (Wildman–Crippen MR) is 117 cm³/mol. The van der Waals surface area contributed by atoms with E-state index in [-0.39, 0.29) is 16.4 Å². The molecule has 31 heavy (non-hydrogen) atoms. The number of halogens is 1. The van der Waals surface area contributed by atoms with E-state index >= 15 is 0 Å². The number of carbonyl (C=O) groups is 1. The number of hydrogen-bond donors (Lipinski definition) is 1. The number of aromatic nitrogens is 2. The number of non-ortho nitro benzene ring substituents is 1. The largest absolute Gasteiger partial charge is 0.296 e. The first-order valence-electron chi connectivity index (χ1n) is 8.92. The molecule has 4 rings (SSSR count). The minimum atomic E-state index is -0.599. The quantitative estimate of drug-likeness (QED) is 0.300. The molecule has 0 spiro atoms. The third-order valence-electron chi connectivity index (χ3n) is 4.14. The highest BCUT2D eigenvalue weighted by Crippen LogP contribution is 2.35. The van der Waals surface area contributed by atoms with Gasteiger partial charge in [0.2, 0.25) is 5.13 Å². The van der Waals surface area contributed by atoms with E-state index < -0.39 is 16.6 Å². The van der Waals surface area contributed by atoms with Crippen LogP contribution in [0.15, 0.2) is 82.6 Å². The summed E-state index contributed by atoms with van der Waals surface area (Å²) in [5, 5.41) is 22.8. The maximum Gasteiger partial charge on any atom is 0.270 e. The van der Waals surface area contributed by atoms with Crippen molar-refractivity contribution in [2.24, 2.45) is 0 Å². The predicted octanol–water partition coefficient (Wildman–Crippen LogP) is 5.66. The number of rotatable bonds is 6. The van der Waals surface area contributed by atoms with Gasteiger partial charge < -0.3 is 0 Å². The van der Waals surface area contributed by atoms with Crippen molar-refractivity contribution < 1.29 is 14.1 Å². The van der Waals surface area contributed by atoms with Crippen LogP contribution >= 0.6 is 23.1 Å². The summed E-state index contributed by atoms with van der Waals surface area (Å²) in [4.78, 5) is 24.2. The second-order valence-corrected chi connectivity index (χ2v) is 8.26. The van der Waals surface area contributed by atoms with Crippen LogP contribution in [-0.4, -0.2) is 21.0 Å². The molecule has 0 unspecified atom stereocenters. The molecule has 0 saturated heterocycles. The third kappa shape index (κ3) is 4.76. The number of anilines is 1. The van der Waals surface area contributed by atoms with Gasteiger partial charge in [-0.2, -0.15) is 0 Å². The summed E-state index contributed by atoms with van der Waals surface area (Å²) >= 11 is 2.19. The number of carbonyl (C=O) groups excluding carboxylic acids is 1. The van der Waals surface area contributed by atoms with E-state index in [9.17, 15) is 19.3 Å². The van der Waals surface area contributed by atoms with Gasteiger partial charge in [-0.15, -0.1) is 10.2 Å². The molecule has 154 valence electrons. The van der Waals surface area contributed by atoms with Crippen molar-refractivity contribution in [1.82, 2.24) is 10.2 Å². The average molecular weight is 452 g/mol. The summed E-state index contributed by atoms with van der Waals surface area (Å²) in [7, 11) is 0. The molecule has 0 aliphatic heterocycles. The SMILES string of the molecule is O=C(Nc1nnc(-c2ccccc2)s1)c1cc([N+](=O)[O-])ccc1Sc1ccccc1F. The van der Waals surface area contributed by atoms with Gasteiger partial charge >= 0.3 is 0 Å². The van der Waals surface area contributed by atoms with Crippen molar-refractivity contribution in [2.75, 3.05) is 5.32 Å². The van der Waals surface area contributed by atoms with E-state index in [1.165, 1.54) is 29.5 Å². The number of benzene rings is 3. The van der Waals surface area contributed by atoms with Crippen molar-refractivity contribution in [3.8, 4) is 10.6 Å². The third-order valence-corrected chi connectivity index (χ3v) is 6.16. The molecule has 0 aliphatic carbocycles. The van der Waals surface area contributed by atoms with Crippen molar-refractivity contribution >= 4 is 39.8 Å². The number of nitrogens with zero attached hydrogens (tertiary/aromatic N) is 3. The van der Waals surface area contributed by atoms with Crippen LogP contribution in [0, 0.1) is 15.9 Å². The molecule has 0 fully saturated rings. The molecule has 1 N–H and O–H groups in total. The fraction of sp³-hybridized carbons (Fsp3) is 0. The van der Waals surface area contributed by atoms with Crippen LogP contribution in [0.1, 0.15) is 10.4 Å².